The summed E-state index contributed by atoms with van der Waals surface area (Å²) in [5.41, 5.74) is 0.130. The molecule has 0 saturated heterocycles. The Kier molecular flexibility index (Phi) is 4.32. The van der Waals surface area contributed by atoms with Gasteiger partial charge in [0.15, 0.2) is 0 Å². The first kappa shape index (κ1) is 15.1. The second kappa shape index (κ2) is 6.56. The minimum absolute atomic E-state index is 0.211. The number of aromatic nitrogens is 2. The Balaban J connectivity index is 1.63. The van der Waals surface area contributed by atoms with Crippen molar-refractivity contribution in [2.45, 2.75) is 13.0 Å². The number of fused-ring (bicyclic) bond motifs is 1. The van der Waals surface area contributed by atoms with E-state index in [1.165, 1.54) is 41.2 Å². The Morgan fingerprint density at radius 1 is 1.04 bits per heavy atom. The highest BCUT2D eigenvalue weighted by molar-refractivity contribution is 5.77. The zero-order valence-electron chi connectivity index (χ0n) is 12.2. The minimum atomic E-state index is -0.421. The average molecular weight is 316 g/mol. The van der Waals surface area contributed by atoms with E-state index in [2.05, 4.69) is 4.98 Å². The van der Waals surface area contributed by atoms with Gasteiger partial charge in [-0.25, -0.2) is 13.8 Å². The molecule has 6 heteroatoms. The molecule has 0 aliphatic rings. The third-order valence-electron chi connectivity index (χ3n) is 3.41. The first-order chi connectivity index (χ1) is 11.1. The number of hydrogen-bond donors (Lipinski definition) is 0. The molecule has 0 bridgehead atoms. The number of ether oxygens (including phenoxy) is 1. The molecule has 0 saturated carbocycles. The highest BCUT2D eigenvalue weighted by Crippen LogP contribution is 2.11. The first-order valence-electron chi connectivity index (χ1n) is 7.16. The van der Waals surface area contributed by atoms with E-state index in [-0.39, 0.29) is 11.4 Å². The van der Waals surface area contributed by atoms with Crippen molar-refractivity contribution in [1.82, 2.24) is 9.55 Å². The van der Waals surface area contributed by atoms with Crippen LogP contribution < -0.4 is 10.3 Å². The fourth-order valence-electron chi connectivity index (χ4n) is 2.25. The summed E-state index contributed by atoms with van der Waals surface area (Å²) >= 11 is 0. The van der Waals surface area contributed by atoms with Crippen LogP contribution in [0.5, 0.6) is 5.75 Å². The van der Waals surface area contributed by atoms with Crippen LogP contribution in [0.25, 0.3) is 10.9 Å². The summed E-state index contributed by atoms with van der Waals surface area (Å²) < 4.78 is 32.8. The molecule has 0 N–H and O–H groups in total. The van der Waals surface area contributed by atoms with Gasteiger partial charge in [-0.15, -0.1) is 0 Å². The van der Waals surface area contributed by atoms with Crippen molar-refractivity contribution >= 4 is 10.9 Å². The Morgan fingerprint density at radius 3 is 2.57 bits per heavy atom. The van der Waals surface area contributed by atoms with Crippen molar-refractivity contribution in [3.8, 4) is 5.75 Å². The molecule has 0 aliphatic carbocycles. The zero-order chi connectivity index (χ0) is 16.2. The fraction of sp³-hybridized carbons (Fsp3) is 0.176. The van der Waals surface area contributed by atoms with E-state index in [1.54, 1.807) is 12.1 Å². The molecule has 0 amide bonds. The third-order valence-corrected chi connectivity index (χ3v) is 3.41. The monoisotopic (exact) mass is 316 g/mol. The molecule has 0 atom stereocenters. The molecule has 23 heavy (non-hydrogen) atoms. The zero-order valence-corrected chi connectivity index (χ0v) is 12.2. The molecule has 3 aromatic rings. The van der Waals surface area contributed by atoms with Gasteiger partial charge in [-0.05, 0) is 42.8 Å². The summed E-state index contributed by atoms with van der Waals surface area (Å²) in [6, 6.07) is 9.66. The van der Waals surface area contributed by atoms with Crippen molar-refractivity contribution in [2.24, 2.45) is 0 Å². The van der Waals surface area contributed by atoms with Crippen LogP contribution in [-0.2, 0) is 6.54 Å². The van der Waals surface area contributed by atoms with Crippen molar-refractivity contribution in [2.75, 3.05) is 6.61 Å². The first-order valence-corrected chi connectivity index (χ1v) is 7.16. The van der Waals surface area contributed by atoms with E-state index >= 15 is 0 Å². The summed E-state index contributed by atoms with van der Waals surface area (Å²) in [6.07, 6.45) is 1.99. The SMILES string of the molecule is O=c1c2ccc(F)cc2ncn1CCCOc1ccc(F)cc1. The van der Waals surface area contributed by atoms with Crippen molar-refractivity contribution in [1.29, 1.82) is 0 Å². The molecule has 1 heterocycles. The van der Waals surface area contributed by atoms with Crippen molar-refractivity contribution in [3.63, 3.8) is 0 Å². The normalized spacial score (nSPS) is 10.9. The fourth-order valence-corrected chi connectivity index (χ4v) is 2.25. The summed E-state index contributed by atoms with van der Waals surface area (Å²) in [6.45, 7) is 0.819. The smallest absolute Gasteiger partial charge is 0.261 e. The second-order valence-corrected chi connectivity index (χ2v) is 5.06. The summed E-state index contributed by atoms with van der Waals surface area (Å²) in [5, 5.41) is 0.383. The van der Waals surface area contributed by atoms with Crippen LogP contribution in [0.2, 0.25) is 0 Å². The molecule has 0 aliphatic heterocycles. The highest BCUT2D eigenvalue weighted by Gasteiger charge is 2.05. The maximum Gasteiger partial charge on any atom is 0.261 e. The Labute approximate surface area is 131 Å². The minimum Gasteiger partial charge on any atom is -0.494 e. The van der Waals surface area contributed by atoms with Gasteiger partial charge in [-0.3, -0.25) is 9.36 Å². The van der Waals surface area contributed by atoms with Gasteiger partial charge in [0.25, 0.3) is 5.56 Å². The van der Waals surface area contributed by atoms with Gasteiger partial charge in [0.1, 0.15) is 17.4 Å². The van der Waals surface area contributed by atoms with E-state index in [0.717, 1.165) is 0 Å². The van der Waals surface area contributed by atoms with Gasteiger partial charge in [0, 0.05) is 12.6 Å². The van der Waals surface area contributed by atoms with Crippen LogP contribution in [0.1, 0.15) is 6.42 Å². The predicted octanol–water partition coefficient (Wildman–Crippen LogP) is 3.14. The molecule has 0 spiro atoms. The lowest BCUT2D eigenvalue weighted by molar-refractivity contribution is 0.300. The van der Waals surface area contributed by atoms with Crippen molar-refractivity contribution in [3.05, 3.63) is 70.8 Å². The third kappa shape index (κ3) is 3.53. The van der Waals surface area contributed by atoms with Gasteiger partial charge >= 0.3 is 0 Å². The number of nitrogens with zero attached hydrogens (tertiary/aromatic N) is 2. The van der Waals surface area contributed by atoms with Crippen LogP contribution in [-0.4, -0.2) is 16.2 Å². The Bertz CT molecular complexity index is 876. The number of aryl methyl sites for hydroxylation is 1. The van der Waals surface area contributed by atoms with Crippen LogP contribution in [0.3, 0.4) is 0 Å². The molecule has 0 radical (unpaired) electrons. The summed E-state index contributed by atoms with van der Waals surface area (Å²) in [7, 11) is 0. The number of rotatable bonds is 5. The van der Waals surface area contributed by atoms with Crippen LogP contribution >= 0.6 is 0 Å². The molecule has 3 rings (SSSR count). The molecule has 1 aromatic heterocycles. The van der Waals surface area contributed by atoms with E-state index in [9.17, 15) is 13.6 Å². The van der Waals surface area contributed by atoms with E-state index < -0.39 is 5.82 Å². The lowest BCUT2D eigenvalue weighted by Gasteiger charge is -2.08. The van der Waals surface area contributed by atoms with E-state index in [1.807, 2.05) is 0 Å². The molecule has 0 fully saturated rings. The maximum absolute atomic E-state index is 13.1. The standard InChI is InChI=1S/C17H14F2N2O2/c18-12-2-5-14(6-3-12)23-9-1-8-21-11-20-16-10-13(19)4-7-15(16)17(21)22/h2-7,10-11H,1,8-9H2. The molecule has 118 valence electrons. The summed E-state index contributed by atoms with van der Waals surface area (Å²) in [4.78, 5) is 16.3. The Morgan fingerprint density at radius 2 is 1.78 bits per heavy atom. The second-order valence-electron chi connectivity index (χ2n) is 5.06. The van der Waals surface area contributed by atoms with Gasteiger partial charge in [-0.1, -0.05) is 0 Å². The van der Waals surface area contributed by atoms with E-state index in [4.69, 9.17) is 4.74 Å². The lowest BCUT2D eigenvalue weighted by Crippen LogP contribution is -2.21. The molecule has 0 unspecified atom stereocenters. The maximum atomic E-state index is 13.1. The molecule has 2 aromatic carbocycles. The summed E-state index contributed by atoms with van der Waals surface area (Å²) in [5.74, 6) is -0.164. The lowest BCUT2D eigenvalue weighted by atomic mass is 10.2. The van der Waals surface area contributed by atoms with Crippen LogP contribution in [0, 0.1) is 11.6 Å². The number of benzene rings is 2. The van der Waals surface area contributed by atoms with Crippen LogP contribution in [0.4, 0.5) is 8.78 Å². The molecular formula is C17H14F2N2O2. The quantitative estimate of drug-likeness (QED) is 0.679. The Hall–Kier alpha value is -2.76. The van der Waals surface area contributed by atoms with Crippen LogP contribution in [0.15, 0.2) is 53.6 Å². The number of hydrogen-bond acceptors (Lipinski definition) is 3. The van der Waals surface area contributed by atoms with Crippen molar-refractivity contribution < 1.29 is 13.5 Å². The largest absolute Gasteiger partial charge is 0.494 e. The molecular weight excluding hydrogens is 302 g/mol. The van der Waals surface area contributed by atoms with E-state index in [0.29, 0.717) is 36.2 Å². The number of halogens is 2. The highest BCUT2D eigenvalue weighted by atomic mass is 19.1. The van der Waals surface area contributed by atoms with Gasteiger partial charge in [-0.2, -0.15) is 0 Å². The predicted molar refractivity (Wildman–Crippen MR) is 82.5 cm³/mol. The molecule has 4 nitrogen and oxygen atoms in total. The van der Waals surface area contributed by atoms with Gasteiger partial charge < -0.3 is 4.74 Å². The topological polar surface area (TPSA) is 44.1 Å². The van der Waals surface area contributed by atoms with Gasteiger partial charge in [0.2, 0.25) is 0 Å². The van der Waals surface area contributed by atoms with Gasteiger partial charge in [0.05, 0.1) is 23.8 Å². The average Bonchev–Trinajstić information content (AvgIpc) is 2.55.